The molecule has 0 bridgehead atoms. The number of benzene rings is 2. The number of hydrogen-bond acceptors (Lipinski definition) is 9. The van der Waals surface area contributed by atoms with Gasteiger partial charge in [-0.15, -0.1) is 0 Å². The number of ether oxygens (including phenoxy) is 1. The van der Waals surface area contributed by atoms with Crippen molar-refractivity contribution < 1.29 is 38.1 Å². The van der Waals surface area contributed by atoms with Crippen LogP contribution in [0.25, 0.3) is 22.3 Å². The highest BCUT2D eigenvalue weighted by Crippen LogP contribution is 2.34. The van der Waals surface area contributed by atoms with Gasteiger partial charge in [0, 0.05) is 56.4 Å². The smallest absolute Gasteiger partial charge is 0.410 e. The second kappa shape index (κ2) is 17.0. The van der Waals surface area contributed by atoms with Gasteiger partial charge in [-0.2, -0.15) is 19.0 Å². The van der Waals surface area contributed by atoms with Crippen LogP contribution >= 0.6 is 23.2 Å². The van der Waals surface area contributed by atoms with Gasteiger partial charge in [0.05, 0.1) is 63.9 Å². The number of aromatic nitrogens is 4. The number of aliphatic hydroxyl groups excluding tert-OH is 2. The Labute approximate surface area is 314 Å². The maximum atomic E-state index is 13.9. The Kier molecular flexibility index (Phi) is 12.7. The van der Waals surface area contributed by atoms with E-state index in [1.54, 1.807) is 62.1 Å². The summed E-state index contributed by atoms with van der Waals surface area (Å²) in [5, 5.41) is 34.1. The van der Waals surface area contributed by atoms with Crippen LogP contribution in [0.4, 0.5) is 13.6 Å². The van der Waals surface area contributed by atoms with E-state index in [1.165, 1.54) is 22.2 Å². The summed E-state index contributed by atoms with van der Waals surface area (Å²) < 4.78 is 33.0. The first-order valence-electron chi connectivity index (χ1n) is 16.7. The van der Waals surface area contributed by atoms with Gasteiger partial charge in [-0.3, -0.25) is 24.7 Å². The van der Waals surface area contributed by atoms with E-state index in [0.29, 0.717) is 36.3 Å². The predicted molar refractivity (Wildman–Crippen MR) is 192 cm³/mol. The van der Waals surface area contributed by atoms with Gasteiger partial charge >= 0.3 is 6.09 Å². The number of hydrogen-bond donors (Lipinski definition) is 5. The number of nitrogens with zero attached hydrogens (tertiary/aromatic N) is 5. The van der Waals surface area contributed by atoms with Crippen molar-refractivity contribution in [2.75, 3.05) is 52.5 Å². The Morgan fingerprint density at radius 3 is 1.79 bits per heavy atom. The largest absolute Gasteiger partial charge is 0.444 e. The van der Waals surface area contributed by atoms with E-state index in [1.807, 2.05) is 0 Å². The van der Waals surface area contributed by atoms with Crippen molar-refractivity contribution in [2.24, 2.45) is 0 Å². The number of carbonyl (C=O) groups excluding carboxylic acids is 3. The number of nitrogens with one attached hydrogen (secondary N) is 3. The first-order valence-corrected chi connectivity index (χ1v) is 17.5. The molecule has 2 aliphatic rings. The molecule has 0 unspecified atom stereocenters. The number of piperazine rings is 2. The van der Waals surface area contributed by atoms with Crippen LogP contribution in [0.15, 0.2) is 48.8 Å². The maximum absolute atomic E-state index is 13.9. The van der Waals surface area contributed by atoms with Crippen LogP contribution in [0.5, 0.6) is 0 Å². The molecule has 5 N–H and O–H groups in total. The summed E-state index contributed by atoms with van der Waals surface area (Å²) in [6, 6.07) is 8.92. The third kappa shape index (κ3) is 9.13. The van der Waals surface area contributed by atoms with Crippen molar-refractivity contribution in [3.05, 3.63) is 81.9 Å². The van der Waals surface area contributed by atoms with Crippen molar-refractivity contribution in [3.63, 3.8) is 0 Å². The molecule has 2 aliphatic heterocycles. The van der Waals surface area contributed by atoms with Crippen molar-refractivity contribution in [2.45, 2.75) is 38.5 Å². The fourth-order valence-electron chi connectivity index (χ4n) is 5.96. The van der Waals surface area contributed by atoms with Crippen molar-refractivity contribution >= 4 is 41.1 Å². The van der Waals surface area contributed by atoms with Gasteiger partial charge in [0.1, 0.15) is 5.60 Å². The lowest BCUT2D eigenvalue weighted by Crippen LogP contribution is -2.58. The van der Waals surface area contributed by atoms with Gasteiger partial charge < -0.3 is 30.1 Å². The van der Waals surface area contributed by atoms with Gasteiger partial charge in [0.25, 0.3) is 11.8 Å². The third-order valence-electron chi connectivity index (χ3n) is 8.60. The zero-order valence-corrected chi connectivity index (χ0v) is 30.7. The molecule has 53 heavy (non-hydrogen) atoms. The van der Waals surface area contributed by atoms with Gasteiger partial charge in [0.2, 0.25) is 11.9 Å². The number of H-pyrrole nitrogens is 2. The molecule has 18 heteroatoms. The van der Waals surface area contributed by atoms with Crippen LogP contribution in [0.1, 0.15) is 41.5 Å². The van der Waals surface area contributed by atoms with Gasteiger partial charge in [-0.1, -0.05) is 47.5 Å². The molecule has 0 aliphatic carbocycles. The Hall–Kier alpha value is -4.61. The van der Waals surface area contributed by atoms with Crippen LogP contribution in [0, 0.1) is 11.9 Å². The summed E-state index contributed by atoms with van der Waals surface area (Å²) in [5.41, 5.74) is 0.995. The minimum atomic E-state index is -0.666. The highest BCUT2D eigenvalue weighted by molar-refractivity contribution is 6.37. The molecule has 2 atom stereocenters. The fraction of sp³-hybridized carbons (Fsp3) is 0.400. The second-order valence-electron chi connectivity index (χ2n) is 13.4. The second-order valence-corrected chi connectivity index (χ2v) is 14.1. The number of amides is 3. The van der Waals surface area contributed by atoms with Crippen LogP contribution in [-0.4, -0.2) is 133 Å². The highest BCUT2D eigenvalue weighted by Gasteiger charge is 2.35. The fourth-order valence-corrected chi connectivity index (χ4v) is 6.57. The predicted octanol–water partition coefficient (Wildman–Crippen LogP) is 4.20. The standard InChI is InChI=1S/C20H24ClFN4O4.C15H16ClFN4O2/c1-20(2,3)30-19(29)26-8-7-25(10-12(26)11-27)18(28)14-6-4-5-13(16(14)21)15-9-23-24-17(15)22;16-13-10(12-6-19-20-14(12)17)2-1-3-11(13)15(23)21-5-4-18-9(7-21)8-22/h4-6,9,12,27H,7-8,10-11H2,1-3H3,(H,23,24);1-3,6,9,18,22H,4-5,7-8H2,(H,19,20)/t12-;9-/m00/s1. The van der Waals surface area contributed by atoms with Gasteiger partial charge in [0.15, 0.2) is 0 Å². The molecular weight excluding hydrogens is 737 g/mol. The molecule has 2 saturated heterocycles. The summed E-state index contributed by atoms with van der Waals surface area (Å²) in [6.07, 6.45) is 2.09. The first kappa shape index (κ1) is 39.6. The van der Waals surface area contributed by atoms with Gasteiger partial charge in [-0.05, 0) is 32.9 Å². The average molecular weight is 778 g/mol. The topological polar surface area (TPSA) is 180 Å². The zero-order valence-electron chi connectivity index (χ0n) is 29.2. The Morgan fingerprint density at radius 1 is 0.811 bits per heavy atom. The van der Waals surface area contributed by atoms with E-state index < -0.39 is 29.6 Å². The Balaban J connectivity index is 0.000000211. The van der Waals surface area contributed by atoms with E-state index in [2.05, 4.69) is 25.7 Å². The Bertz CT molecular complexity index is 1940. The summed E-state index contributed by atoms with van der Waals surface area (Å²) in [7, 11) is 0. The monoisotopic (exact) mass is 776 g/mol. The van der Waals surface area contributed by atoms with E-state index in [4.69, 9.17) is 27.9 Å². The zero-order chi connectivity index (χ0) is 38.4. The lowest BCUT2D eigenvalue weighted by Gasteiger charge is -2.41. The van der Waals surface area contributed by atoms with Crippen LogP contribution in [0.2, 0.25) is 10.0 Å². The SMILES string of the molecule is CC(C)(C)OC(=O)N1CCN(C(=O)c2cccc(-c3cn[nH]c3F)c2Cl)C[C@H]1CO.O=C(c1cccc(-c2cn[nH]c2F)c1Cl)N1CCN[C@H](CO)C1. The molecular formula is C35H40Cl2F2N8O6. The lowest BCUT2D eigenvalue weighted by molar-refractivity contribution is -0.00984. The molecule has 0 radical (unpaired) electrons. The Morgan fingerprint density at radius 2 is 1.34 bits per heavy atom. The first-order chi connectivity index (χ1) is 25.2. The normalized spacial score (nSPS) is 17.6. The number of rotatable bonds is 6. The molecule has 14 nitrogen and oxygen atoms in total. The molecule has 4 aromatic rings. The summed E-state index contributed by atoms with van der Waals surface area (Å²) >= 11 is 12.8. The molecule has 284 valence electrons. The third-order valence-corrected chi connectivity index (χ3v) is 9.41. The average Bonchev–Trinajstić information content (AvgIpc) is 3.77. The molecule has 0 spiro atoms. The van der Waals surface area contributed by atoms with Crippen LogP contribution in [0.3, 0.4) is 0 Å². The minimum absolute atomic E-state index is 0.0439. The molecule has 0 saturated carbocycles. The molecule has 3 amide bonds. The van der Waals surface area contributed by atoms with Gasteiger partial charge in [-0.25, -0.2) is 4.79 Å². The van der Waals surface area contributed by atoms with E-state index >= 15 is 0 Å². The van der Waals surface area contributed by atoms with E-state index in [0.717, 1.165) is 0 Å². The minimum Gasteiger partial charge on any atom is -0.444 e. The molecule has 2 fully saturated rings. The van der Waals surface area contributed by atoms with Crippen LogP contribution in [-0.2, 0) is 4.74 Å². The number of aromatic amines is 2. The molecule has 2 aromatic heterocycles. The quantitative estimate of drug-likeness (QED) is 0.192. The number of carbonyl (C=O) groups is 3. The van der Waals surface area contributed by atoms with Crippen molar-refractivity contribution in [1.29, 1.82) is 0 Å². The molecule has 4 heterocycles. The van der Waals surface area contributed by atoms with E-state index in [9.17, 15) is 33.4 Å². The van der Waals surface area contributed by atoms with Crippen molar-refractivity contribution in [3.8, 4) is 22.3 Å². The van der Waals surface area contributed by atoms with E-state index in [-0.39, 0.29) is 77.4 Å². The number of halogens is 4. The summed E-state index contributed by atoms with van der Waals surface area (Å²) in [6.45, 7) is 7.01. The maximum Gasteiger partial charge on any atom is 0.410 e. The molecule has 2 aromatic carbocycles. The summed E-state index contributed by atoms with van der Waals surface area (Å²) in [4.78, 5) is 42.8. The summed E-state index contributed by atoms with van der Waals surface area (Å²) in [5.74, 6) is -1.85. The lowest BCUT2D eigenvalue weighted by atomic mass is 10.0. The molecule has 6 rings (SSSR count). The highest BCUT2D eigenvalue weighted by atomic mass is 35.5. The van der Waals surface area contributed by atoms with Crippen LogP contribution < -0.4 is 5.32 Å². The number of aliphatic hydroxyl groups is 2. The van der Waals surface area contributed by atoms with Crippen molar-refractivity contribution in [1.82, 2.24) is 40.4 Å².